The van der Waals surface area contributed by atoms with Gasteiger partial charge in [-0.2, -0.15) is 0 Å². The first-order chi connectivity index (χ1) is 9.58. The Balaban J connectivity index is 2.67. The van der Waals surface area contributed by atoms with Crippen LogP contribution < -0.4 is 14.8 Å². The molecule has 3 nitrogen and oxygen atoms in total. The minimum Gasteiger partial charge on any atom is -0.493 e. The van der Waals surface area contributed by atoms with Crippen LogP contribution >= 0.6 is 15.9 Å². The molecule has 0 amide bonds. The maximum Gasteiger partial charge on any atom is 0.162 e. The standard InChI is InChI=1S/C16H26BrNO2/c1-5-8-20-16-10-14(17)13(9-15(16)19-4)11-18-7-6-12(2)3/h9-10,12,18H,5-8,11H2,1-4H3. The van der Waals surface area contributed by atoms with Crippen LogP contribution in [-0.2, 0) is 6.54 Å². The fourth-order valence-corrected chi connectivity index (χ4v) is 2.27. The molecule has 0 bridgehead atoms. The summed E-state index contributed by atoms with van der Waals surface area (Å²) in [4.78, 5) is 0. The molecule has 1 aromatic rings. The summed E-state index contributed by atoms with van der Waals surface area (Å²) >= 11 is 3.61. The van der Waals surface area contributed by atoms with Crippen LogP contribution in [0, 0.1) is 5.92 Å². The Bertz CT molecular complexity index is 408. The zero-order valence-corrected chi connectivity index (χ0v) is 14.5. The van der Waals surface area contributed by atoms with E-state index in [2.05, 4.69) is 42.0 Å². The third-order valence-corrected chi connectivity index (χ3v) is 3.75. The van der Waals surface area contributed by atoms with Gasteiger partial charge in [-0.25, -0.2) is 0 Å². The van der Waals surface area contributed by atoms with Gasteiger partial charge in [0.1, 0.15) is 0 Å². The van der Waals surface area contributed by atoms with Gasteiger partial charge in [-0.05, 0) is 43.0 Å². The van der Waals surface area contributed by atoms with Crippen LogP contribution in [-0.4, -0.2) is 20.3 Å². The number of halogens is 1. The lowest BCUT2D eigenvalue weighted by atomic mass is 10.1. The van der Waals surface area contributed by atoms with Gasteiger partial charge in [0.05, 0.1) is 13.7 Å². The molecule has 0 saturated carbocycles. The van der Waals surface area contributed by atoms with Crippen molar-refractivity contribution in [2.45, 2.75) is 40.2 Å². The molecule has 1 rings (SSSR count). The van der Waals surface area contributed by atoms with Gasteiger partial charge in [0.15, 0.2) is 11.5 Å². The van der Waals surface area contributed by atoms with E-state index in [1.165, 1.54) is 12.0 Å². The molecule has 114 valence electrons. The van der Waals surface area contributed by atoms with E-state index in [0.29, 0.717) is 6.61 Å². The van der Waals surface area contributed by atoms with Gasteiger partial charge in [-0.15, -0.1) is 0 Å². The van der Waals surface area contributed by atoms with E-state index in [1.54, 1.807) is 7.11 Å². The molecule has 0 aliphatic carbocycles. The molecule has 0 fully saturated rings. The molecule has 4 heteroatoms. The fourth-order valence-electron chi connectivity index (χ4n) is 1.81. The Labute approximate surface area is 131 Å². The van der Waals surface area contributed by atoms with E-state index in [9.17, 15) is 0 Å². The van der Waals surface area contributed by atoms with Crippen molar-refractivity contribution in [2.75, 3.05) is 20.3 Å². The highest BCUT2D eigenvalue weighted by Crippen LogP contribution is 2.33. The highest BCUT2D eigenvalue weighted by Gasteiger charge is 2.10. The molecule has 0 aliphatic rings. The minimum absolute atomic E-state index is 0.703. The Morgan fingerprint density at radius 1 is 1.25 bits per heavy atom. The number of ether oxygens (including phenoxy) is 2. The summed E-state index contributed by atoms with van der Waals surface area (Å²) in [7, 11) is 1.68. The van der Waals surface area contributed by atoms with Crippen LogP contribution in [0.1, 0.15) is 39.2 Å². The van der Waals surface area contributed by atoms with Crippen molar-refractivity contribution >= 4 is 15.9 Å². The van der Waals surface area contributed by atoms with E-state index >= 15 is 0 Å². The summed E-state index contributed by atoms with van der Waals surface area (Å²) in [6.07, 6.45) is 2.17. The second kappa shape index (κ2) is 9.24. The second-order valence-electron chi connectivity index (χ2n) is 5.30. The summed E-state index contributed by atoms with van der Waals surface area (Å²) in [5, 5.41) is 3.46. The molecule has 1 aromatic carbocycles. The van der Waals surface area contributed by atoms with Gasteiger partial charge < -0.3 is 14.8 Å². The molecule has 0 heterocycles. The van der Waals surface area contributed by atoms with Crippen molar-refractivity contribution < 1.29 is 9.47 Å². The zero-order valence-electron chi connectivity index (χ0n) is 13.0. The predicted molar refractivity (Wildman–Crippen MR) is 87.6 cm³/mol. The fraction of sp³-hybridized carbons (Fsp3) is 0.625. The molecular weight excluding hydrogens is 318 g/mol. The van der Waals surface area contributed by atoms with Crippen LogP contribution in [0.25, 0.3) is 0 Å². The van der Waals surface area contributed by atoms with Gasteiger partial charge >= 0.3 is 0 Å². The lowest BCUT2D eigenvalue weighted by molar-refractivity contribution is 0.294. The average molecular weight is 344 g/mol. The van der Waals surface area contributed by atoms with Gasteiger partial charge in [-0.3, -0.25) is 0 Å². The van der Waals surface area contributed by atoms with Crippen molar-refractivity contribution in [3.8, 4) is 11.5 Å². The highest BCUT2D eigenvalue weighted by atomic mass is 79.9. The van der Waals surface area contributed by atoms with Crippen molar-refractivity contribution in [1.82, 2.24) is 5.32 Å². The molecule has 0 atom stereocenters. The monoisotopic (exact) mass is 343 g/mol. The third kappa shape index (κ3) is 5.71. The molecular formula is C16H26BrNO2. The highest BCUT2D eigenvalue weighted by molar-refractivity contribution is 9.10. The van der Waals surface area contributed by atoms with Crippen molar-refractivity contribution in [2.24, 2.45) is 5.92 Å². The number of nitrogens with one attached hydrogen (secondary N) is 1. The van der Waals surface area contributed by atoms with Crippen LogP contribution in [0.4, 0.5) is 0 Å². The SMILES string of the molecule is CCCOc1cc(Br)c(CNCCC(C)C)cc1OC. The molecule has 0 unspecified atom stereocenters. The smallest absolute Gasteiger partial charge is 0.162 e. The van der Waals surface area contributed by atoms with E-state index in [-0.39, 0.29) is 0 Å². The lowest BCUT2D eigenvalue weighted by Crippen LogP contribution is -2.16. The first kappa shape index (κ1) is 17.3. The van der Waals surface area contributed by atoms with Crippen LogP contribution in [0.2, 0.25) is 0 Å². The largest absolute Gasteiger partial charge is 0.493 e. The van der Waals surface area contributed by atoms with E-state index in [0.717, 1.165) is 41.4 Å². The molecule has 0 aromatic heterocycles. The summed E-state index contributed by atoms with van der Waals surface area (Å²) in [5.41, 5.74) is 1.19. The first-order valence-electron chi connectivity index (χ1n) is 7.28. The summed E-state index contributed by atoms with van der Waals surface area (Å²) in [5.74, 6) is 2.32. The van der Waals surface area contributed by atoms with Gasteiger partial charge in [0, 0.05) is 11.0 Å². The molecule has 1 N–H and O–H groups in total. The Kier molecular flexibility index (Phi) is 8.00. The lowest BCUT2D eigenvalue weighted by Gasteiger charge is -2.14. The quantitative estimate of drug-likeness (QED) is 0.674. The zero-order chi connectivity index (χ0) is 15.0. The van der Waals surface area contributed by atoms with Crippen molar-refractivity contribution in [3.63, 3.8) is 0 Å². The summed E-state index contributed by atoms with van der Waals surface area (Å²) in [6.45, 7) is 9.13. The number of methoxy groups -OCH3 is 1. The van der Waals surface area contributed by atoms with Crippen LogP contribution in [0.5, 0.6) is 11.5 Å². The Morgan fingerprint density at radius 3 is 2.60 bits per heavy atom. The summed E-state index contributed by atoms with van der Waals surface area (Å²) in [6, 6.07) is 4.03. The minimum atomic E-state index is 0.703. The van der Waals surface area contributed by atoms with Crippen molar-refractivity contribution in [3.05, 3.63) is 22.2 Å². The normalized spacial score (nSPS) is 10.9. The van der Waals surface area contributed by atoms with E-state index in [4.69, 9.17) is 9.47 Å². The van der Waals surface area contributed by atoms with E-state index in [1.807, 2.05) is 12.1 Å². The third-order valence-electron chi connectivity index (χ3n) is 3.01. The summed E-state index contributed by atoms with van der Waals surface area (Å²) < 4.78 is 12.2. The molecule has 0 radical (unpaired) electrons. The Morgan fingerprint density at radius 2 is 2.00 bits per heavy atom. The average Bonchev–Trinajstić information content (AvgIpc) is 2.42. The Hall–Kier alpha value is -0.740. The van der Waals surface area contributed by atoms with Gasteiger partial charge in [0.2, 0.25) is 0 Å². The second-order valence-corrected chi connectivity index (χ2v) is 6.16. The van der Waals surface area contributed by atoms with Crippen LogP contribution in [0.15, 0.2) is 16.6 Å². The topological polar surface area (TPSA) is 30.5 Å². The number of hydrogen-bond acceptors (Lipinski definition) is 3. The molecule has 0 saturated heterocycles. The number of benzene rings is 1. The molecule has 0 aliphatic heterocycles. The molecule has 0 spiro atoms. The van der Waals surface area contributed by atoms with Crippen LogP contribution in [0.3, 0.4) is 0 Å². The first-order valence-corrected chi connectivity index (χ1v) is 8.07. The van der Waals surface area contributed by atoms with Crippen molar-refractivity contribution in [1.29, 1.82) is 0 Å². The number of rotatable bonds is 9. The van der Waals surface area contributed by atoms with E-state index < -0.39 is 0 Å². The predicted octanol–water partition coefficient (Wildman–Crippen LogP) is 4.38. The molecule has 20 heavy (non-hydrogen) atoms. The number of hydrogen-bond donors (Lipinski definition) is 1. The maximum absolute atomic E-state index is 5.69. The van der Waals surface area contributed by atoms with Gasteiger partial charge in [0.25, 0.3) is 0 Å². The van der Waals surface area contributed by atoms with Gasteiger partial charge in [-0.1, -0.05) is 36.7 Å². The maximum atomic E-state index is 5.69.